The lowest BCUT2D eigenvalue weighted by atomic mass is 10.0. The van der Waals surface area contributed by atoms with Gasteiger partial charge in [-0.25, -0.2) is 0 Å². The van der Waals surface area contributed by atoms with Gasteiger partial charge in [0.25, 0.3) is 0 Å². The van der Waals surface area contributed by atoms with Crippen molar-refractivity contribution in [2.24, 2.45) is 5.92 Å². The molecule has 18 heavy (non-hydrogen) atoms. The Labute approximate surface area is 106 Å². The third-order valence-corrected chi connectivity index (χ3v) is 3.29. The highest BCUT2D eigenvalue weighted by Gasteiger charge is 2.37. The monoisotopic (exact) mass is 247 g/mol. The second kappa shape index (κ2) is 5.31. The van der Waals surface area contributed by atoms with Crippen molar-refractivity contribution < 1.29 is 14.6 Å². The minimum Gasteiger partial charge on any atom is -0.466 e. The van der Waals surface area contributed by atoms with E-state index in [1.165, 1.54) is 0 Å². The standard InChI is InChI=1S/C14H17NO3/c1-3-18-14(17)11-8-10(9(2)13(11)16)12-6-4-5-7-15-12/h4-7,11,13,16H,3,8H2,1-2H3. The van der Waals surface area contributed by atoms with Gasteiger partial charge >= 0.3 is 5.97 Å². The first-order valence-electron chi connectivity index (χ1n) is 6.11. The molecule has 1 N–H and O–H groups in total. The van der Waals surface area contributed by atoms with Crippen molar-refractivity contribution in [1.82, 2.24) is 4.98 Å². The molecule has 1 heterocycles. The van der Waals surface area contributed by atoms with Crippen LogP contribution in [0.2, 0.25) is 0 Å². The highest BCUT2D eigenvalue weighted by Crippen LogP contribution is 2.37. The molecule has 0 fully saturated rings. The second-order valence-electron chi connectivity index (χ2n) is 4.38. The van der Waals surface area contributed by atoms with E-state index < -0.39 is 12.0 Å². The van der Waals surface area contributed by atoms with E-state index in [0.717, 1.165) is 16.8 Å². The quantitative estimate of drug-likeness (QED) is 0.827. The van der Waals surface area contributed by atoms with Gasteiger partial charge in [0.15, 0.2) is 0 Å². The van der Waals surface area contributed by atoms with Gasteiger partial charge in [0.05, 0.1) is 24.3 Å². The molecule has 1 aromatic heterocycles. The summed E-state index contributed by atoms with van der Waals surface area (Å²) in [6, 6.07) is 5.62. The molecule has 2 rings (SSSR count). The molecule has 4 nitrogen and oxygen atoms in total. The van der Waals surface area contributed by atoms with E-state index in [2.05, 4.69) is 4.98 Å². The summed E-state index contributed by atoms with van der Waals surface area (Å²) in [5, 5.41) is 10.1. The Morgan fingerprint density at radius 3 is 2.94 bits per heavy atom. The summed E-state index contributed by atoms with van der Waals surface area (Å²) in [6.07, 6.45) is 1.43. The summed E-state index contributed by atoms with van der Waals surface area (Å²) in [7, 11) is 0. The van der Waals surface area contributed by atoms with Crippen molar-refractivity contribution in [3.05, 3.63) is 35.7 Å². The fourth-order valence-electron chi connectivity index (χ4n) is 2.28. The number of allylic oxidation sites excluding steroid dienone is 1. The molecule has 0 amide bonds. The van der Waals surface area contributed by atoms with Crippen LogP contribution < -0.4 is 0 Å². The number of rotatable bonds is 3. The smallest absolute Gasteiger partial charge is 0.312 e. The van der Waals surface area contributed by atoms with Crippen molar-refractivity contribution in [2.45, 2.75) is 26.4 Å². The predicted molar refractivity (Wildman–Crippen MR) is 67.6 cm³/mol. The fourth-order valence-corrected chi connectivity index (χ4v) is 2.28. The molecule has 1 aliphatic rings. The summed E-state index contributed by atoms with van der Waals surface area (Å²) in [5.74, 6) is -0.836. The van der Waals surface area contributed by atoms with E-state index in [-0.39, 0.29) is 5.97 Å². The highest BCUT2D eigenvalue weighted by molar-refractivity contribution is 5.82. The van der Waals surface area contributed by atoms with E-state index in [1.807, 2.05) is 25.1 Å². The first kappa shape index (κ1) is 12.8. The number of hydrogen-bond donors (Lipinski definition) is 1. The first-order chi connectivity index (χ1) is 8.65. The highest BCUT2D eigenvalue weighted by atomic mass is 16.5. The topological polar surface area (TPSA) is 59.4 Å². The van der Waals surface area contributed by atoms with Crippen LogP contribution in [-0.2, 0) is 9.53 Å². The molecule has 0 saturated carbocycles. The van der Waals surface area contributed by atoms with Gasteiger partial charge in [0.2, 0.25) is 0 Å². The number of carbonyl (C=O) groups is 1. The molecule has 4 heteroatoms. The molecule has 0 aromatic carbocycles. The van der Waals surface area contributed by atoms with Crippen LogP contribution in [0.1, 0.15) is 26.0 Å². The average molecular weight is 247 g/mol. The maximum Gasteiger partial charge on any atom is 0.312 e. The van der Waals surface area contributed by atoms with Crippen LogP contribution in [0.3, 0.4) is 0 Å². The van der Waals surface area contributed by atoms with Gasteiger partial charge in [0.1, 0.15) is 0 Å². The molecule has 0 radical (unpaired) electrons. The third kappa shape index (κ3) is 2.29. The Hall–Kier alpha value is -1.68. The van der Waals surface area contributed by atoms with Gasteiger partial charge in [0, 0.05) is 6.20 Å². The molecular weight excluding hydrogens is 230 g/mol. The van der Waals surface area contributed by atoms with Gasteiger partial charge in [-0.05, 0) is 43.5 Å². The zero-order valence-corrected chi connectivity index (χ0v) is 10.6. The van der Waals surface area contributed by atoms with Crippen LogP contribution >= 0.6 is 0 Å². The number of carbonyl (C=O) groups excluding carboxylic acids is 1. The van der Waals surface area contributed by atoms with Crippen molar-refractivity contribution in [3.63, 3.8) is 0 Å². The Bertz CT molecular complexity index is 467. The van der Waals surface area contributed by atoms with Crippen LogP contribution in [0, 0.1) is 5.92 Å². The number of hydrogen-bond acceptors (Lipinski definition) is 4. The lowest BCUT2D eigenvalue weighted by Crippen LogP contribution is -2.26. The van der Waals surface area contributed by atoms with Crippen molar-refractivity contribution in [3.8, 4) is 0 Å². The molecule has 96 valence electrons. The van der Waals surface area contributed by atoms with Crippen LogP contribution in [-0.4, -0.2) is 28.8 Å². The minimum atomic E-state index is -0.763. The Balaban J connectivity index is 2.22. The van der Waals surface area contributed by atoms with E-state index in [0.29, 0.717) is 13.0 Å². The van der Waals surface area contributed by atoms with E-state index in [9.17, 15) is 9.90 Å². The second-order valence-corrected chi connectivity index (χ2v) is 4.38. The molecule has 1 aliphatic carbocycles. The average Bonchev–Trinajstić information content (AvgIpc) is 2.68. The molecule has 2 unspecified atom stereocenters. The molecule has 0 saturated heterocycles. The third-order valence-electron chi connectivity index (χ3n) is 3.29. The summed E-state index contributed by atoms with van der Waals surface area (Å²) in [4.78, 5) is 16.0. The van der Waals surface area contributed by atoms with Crippen molar-refractivity contribution in [2.75, 3.05) is 6.61 Å². The summed E-state index contributed by atoms with van der Waals surface area (Å²) >= 11 is 0. The number of esters is 1. The zero-order chi connectivity index (χ0) is 13.1. The Morgan fingerprint density at radius 1 is 1.56 bits per heavy atom. The number of aliphatic hydroxyl groups is 1. The van der Waals surface area contributed by atoms with Crippen LogP contribution in [0.4, 0.5) is 0 Å². The maximum absolute atomic E-state index is 11.7. The van der Waals surface area contributed by atoms with Gasteiger partial charge < -0.3 is 9.84 Å². The number of pyridine rings is 1. The normalized spacial score (nSPS) is 23.3. The number of aliphatic hydroxyl groups excluding tert-OH is 1. The molecular formula is C14H17NO3. The molecule has 2 atom stereocenters. The number of nitrogens with zero attached hydrogens (tertiary/aromatic N) is 1. The maximum atomic E-state index is 11.7. The van der Waals surface area contributed by atoms with Gasteiger partial charge in [-0.15, -0.1) is 0 Å². The fraction of sp³-hybridized carbons (Fsp3) is 0.429. The van der Waals surface area contributed by atoms with E-state index >= 15 is 0 Å². The van der Waals surface area contributed by atoms with E-state index in [1.54, 1.807) is 13.1 Å². The molecule has 0 bridgehead atoms. The molecule has 0 aliphatic heterocycles. The van der Waals surface area contributed by atoms with Crippen molar-refractivity contribution in [1.29, 1.82) is 0 Å². The summed E-state index contributed by atoms with van der Waals surface area (Å²) in [5.41, 5.74) is 2.58. The predicted octanol–water partition coefficient (Wildman–Crippen LogP) is 1.80. The zero-order valence-electron chi connectivity index (χ0n) is 10.6. The first-order valence-corrected chi connectivity index (χ1v) is 6.11. The lowest BCUT2D eigenvalue weighted by Gasteiger charge is -2.14. The largest absolute Gasteiger partial charge is 0.466 e. The number of ether oxygens (including phenoxy) is 1. The van der Waals surface area contributed by atoms with E-state index in [4.69, 9.17) is 4.74 Å². The lowest BCUT2D eigenvalue weighted by molar-refractivity contribution is -0.150. The van der Waals surface area contributed by atoms with Crippen molar-refractivity contribution >= 4 is 11.5 Å². The minimum absolute atomic E-state index is 0.333. The Kier molecular flexibility index (Phi) is 3.77. The van der Waals surface area contributed by atoms with Gasteiger partial charge in [-0.1, -0.05) is 6.07 Å². The van der Waals surface area contributed by atoms with Crippen LogP contribution in [0.5, 0.6) is 0 Å². The van der Waals surface area contributed by atoms with Gasteiger partial charge in [-0.3, -0.25) is 9.78 Å². The summed E-state index contributed by atoms with van der Waals surface area (Å²) < 4.78 is 4.98. The molecule has 0 spiro atoms. The van der Waals surface area contributed by atoms with Gasteiger partial charge in [-0.2, -0.15) is 0 Å². The summed E-state index contributed by atoms with van der Waals surface area (Å²) in [6.45, 7) is 3.94. The molecule has 1 aromatic rings. The van der Waals surface area contributed by atoms with Crippen LogP contribution in [0.25, 0.3) is 5.57 Å². The Morgan fingerprint density at radius 2 is 2.33 bits per heavy atom. The SMILES string of the molecule is CCOC(=O)C1CC(c2ccccn2)=C(C)C1O. The van der Waals surface area contributed by atoms with Crippen LogP contribution in [0.15, 0.2) is 30.0 Å². The number of aromatic nitrogens is 1.